The lowest BCUT2D eigenvalue weighted by molar-refractivity contribution is 0.176. The van der Waals surface area contributed by atoms with Gasteiger partial charge < -0.3 is 19.7 Å². The number of carbonyl (C=O) groups is 1. The number of carbonyl (C=O) groups excluding carboxylic acids is 1. The molecular formula is C28H34N4OS. The molecule has 2 aromatic heterocycles. The van der Waals surface area contributed by atoms with Gasteiger partial charge in [0, 0.05) is 42.5 Å². The van der Waals surface area contributed by atoms with Gasteiger partial charge in [0.2, 0.25) is 0 Å². The van der Waals surface area contributed by atoms with Crippen LogP contribution in [0.2, 0.25) is 0 Å². The fourth-order valence-electron chi connectivity index (χ4n) is 6.02. The van der Waals surface area contributed by atoms with E-state index in [2.05, 4.69) is 76.4 Å². The first kappa shape index (κ1) is 21.8. The number of thiophene rings is 1. The predicted octanol–water partition coefficient (Wildman–Crippen LogP) is 6.04. The summed E-state index contributed by atoms with van der Waals surface area (Å²) < 4.78 is 2.37. The van der Waals surface area contributed by atoms with Gasteiger partial charge in [-0.25, -0.2) is 4.79 Å². The Morgan fingerprint density at radius 3 is 2.53 bits per heavy atom. The maximum absolute atomic E-state index is 13.9. The topological polar surface area (TPSA) is 40.5 Å². The van der Waals surface area contributed by atoms with Crippen molar-refractivity contribution < 1.29 is 4.79 Å². The van der Waals surface area contributed by atoms with E-state index in [0.29, 0.717) is 12.6 Å². The molecule has 178 valence electrons. The lowest BCUT2D eigenvalue weighted by Crippen LogP contribution is -2.45. The molecule has 6 rings (SSSR count). The standard InChI is InChI=1S/C28H34N4OS/c1-30(2)21-15-13-19(14-16-21)26-24-11-7-17-31(24)27-23(22-10-5-6-12-25(22)34-27)18-32(26)28(33)29-20-8-3-4-9-20/h7,11,13-17,20,26H,3-6,8-10,12,18H2,1-2H3,(H,29,33)/t26-/m1/s1. The third kappa shape index (κ3) is 3.72. The van der Waals surface area contributed by atoms with Crippen molar-refractivity contribution in [3.63, 3.8) is 0 Å². The Morgan fingerprint density at radius 1 is 1.00 bits per heavy atom. The van der Waals surface area contributed by atoms with Crippen molar-refractivity contribution in [1.29, 1.82) is 0 Å². The number of benzene rings is 1. The number of anilines is 1. The second kappa shape index (κ2) is 8.81. The Labute approximate surface area is 206 Å². The number of fused-ring (bicyclic) bond motifs is 5. The average Bonchev–Trinajstić information content (AvgIpc) is 3.58. The van der Waals surface area contributed by atoms with Crippen LogP contribution in [0.15, 0.2) is 42.6 Å². The monoisotopic (exact) mass is 474 g/mol. The SMILES string of the molecule is CN(C)c1ccc([C@@H]2c3cccn3-c3sc4c(c3CN2C(=O)NC2CCCC2)CCCC4)cc1. The fourth-order valence-corrected chi connectivity index (χ4v) is 7.42. The normalized spacial score (nSPS) is 19.8. The highest BCUT2D eigenvalue weighted by Crippen LogP contribution is 2.44. The van der Waals surface area contributed by atoms with Crippen LogP contribution in [0.5, 0.6) is 0 Å². The quantitative estimate of drug-likeness (QED) is 0.503. The van der Waals surface area contributed by atoms with Crippen molar-refractivity contribution in [3.05, 3.63) is 69.9 Å². The summed E-state index contributed by atoms with van der Waals surface area (Å²) in [6.45, 7) is 0.668. The molecule has 3 aliphatic rings. The maximum Gasteiger partial charge on any atom is 0.318 e. The largest absolute Gasteiger partial charge is 0.378 e. The number of aromatic nitrogens is 1. The van der Waals surface area contributed by atoms with Crippen LogP contribution in [0.25, 0.3) is 5.00 Å². The number of nitrogens with one attached hydrogen (secondary N) is 1. The maximum atomic E-state index is 13.9. The molecule has 5 nitrogen and oxygen atoms in total. The Hall–Kier alpha value is -2.73. The third-order valence-corrected chi connectivity index (χ3v) is 9.18. The fraction of sp³-hybridized carbons (Fsp3) is 0.464. The van der Waals surface area contributed by atoms with E-state index in [0.717, 1.165) is 24.8 Å². The summed E-state index contributed by atoms with van der Waals surface area (Å²) in [6.07, 6.45) is 11.6. The highest BCUT2D eigenvalue weighted by atomic mass is 32.1. The number of hydrogen-bond donors (Lipinski definition) is 1. The summed E-state index contributed by atoms with van der Waals surface area (Å²) in [7, 11) is 4.13. The van der Waals surface area contributed by atoms with E-state index in [1.807, 2.05) is 11.3 Å². The van der Waals surface area contributed by atoms with E-state index in [1.165, 1.54) is 64.5 Å². The average molecular weight is 475 g/mol. The van der Waals surface area contributed by atoms with Gasteiger partial charge in [0.05, 0.1) is 18.3 Å². The third-order valence-electron chi connectivity index (χ3n) is 7.85. The second-order valence-electron chi connectivity index (χ2n) is 10.2. The first-order valence-electron chi connectivity index (χ1n) is 12.8. The Kier molecular flexibility index (Phi) is 5.64. The number of nitrogens with zero attached hydrogens (tertiary/aromatic N) is 3. The minimum absolute atomic E-state index is 0.0740. The molecular weight excluding hydrogens is 440 g/mol. The second-order valence-corrected chi connectivity index (χ2v) is 11.3. The minimum Gasteiger partial charge on any atom is -0.378 e. The molecule has 0 spiro atoms. The van der Waals surface area contributed by atoms with Gasteiger partial charge in [-0.3, -0.25) is 0 Å². The number of hydrogen-bond acceptors (Lipinski definition) is 3. The number of rotatable bonds is 3. The van der Waals surface area contributed by atoms with Crippen LogP contribution in [0.4, 0.5) is 10.5 Å². The Balaban J connectivity index is 1.47. The molecule has 1 aromatic carbocycles. The highest BCUT2D eigenvalue weighted by Gasteiger charge is 2.36. The molecule has 1 saturated carbocycles. The van der Waals surface area contributed by atoms with Crippen LogP contribution in [-0.4, -0.2) is 35.6 Å². The lowest BCUT2D eigenvalue weighted by Gasteiger charge is -2.32. The molecule has 1 fully saturated rings. The van der Waals surface area contributed by atoms with Gasteiger partial charge in [-0.1, -0.05) is 25.0 Å². The van der Waals surface area contributed by atoms with Gasteiger partial charge in [-0.15, -0.1) is 11.3 Å². The predicted molar refractivity (Wildman–Crippen MR) is 139 cm³/mol. The number of urea groups is 1. The molecule has 34 heavy (non-hydrogen) atoms. The van der Waals surface area contributed by atoms with E-state index in [9.17, 15) is 4.79 Å². The molecule has 0 saturated heterocycles. The van der Waals surface area contributed by atoms with Crippen LogP contribution < -0.4 is 10.2 Å². The molecule has 3 heterocycles. The van der Waals surface area contributed by atoms with Crippen LogP contribution in [0.1, 0.15) is 71.8 Å². The first-order valence-corrected chi connectivity index (χ1v) is 13.6. The zero-order valence-corrected chi connectivity index (χ0v) is 21.0. The molecule has 3 aromatic rings. The highest BCUT2D eigenvalue weighted by molar-refractivity contribution is 7.15. The van der Waals surface area contributed by atoms with Crippen molar-refractivity contribution in [2.75, 3.05) is 19.0 Å². The van der Waals surface area contributed by atoms with Crippen molar-refractivity contribution in [2.24, 2.45) is 0 Å². The van der Waals surface area contributed by atoms with Crippen LogP contribution in [0, 0.1) is 0 Å². The molecule has 0 unspecified atom stereocenters. The summed E-state index contributed by atoms with van der Waals surface area (Å²) >= 11 is 1.95. The number of aryl methyl sites for hydroxylation is 1. The smallest absolute Gasteiger partial charge is 0.318 e. The number of amides is 2. The van der Waals surface area contributed by atoms with Gasteiger partial charge in [-0.2, -0.15) is 0 Å². The van der Waals surface area contributed by atoms with Gasteiger partial charge in [0.15, 0.2) is 0 Å². The van der Waals surface area contributed by atoms with Gasteiger partial charge >= 0.3 is 6.03 Å². The van der Waals surface area contributed by atoms with Crippen molar-refractivity contribution in [2.45, 2.75) is 70.0 Å². The Bertz CT molecular complexity index is 1190. The van der Waals surface area contributed by atoms with Crippen LogP contribution in [-0.2, 0) is 19.4 Å². The van der Waals surface area contributed by atoms with E-state index in [-0.39, 0.29) is 12.1 Å². The molecule has 0 bridgehead atoms. The van der Waals surface area contributed by atoms with Gasteiger partial charge in [0.1, 0.15) is 5.00 Å². The summed E-state index contributed by atoms with van der Waals surface area (Å²) in [4.78, 5) is 19.7. The van der Waals surface area contributed by atoms with E-state index in [4.69, 9.17) is 0 Å². The zero-order chi connectivity index (χ0) is 23.2. The summed E-state index contributed by atoms with van der Waals surface area (Å²) in [5.74, 6) is 0. The van der Waals surface area contributed by atoms with Crippen LogP contribution >= 0.6 is 11.3 Å². The summed E-state index contributed by atoms with van der Waals surface area (Å²) in [5, 5.41) is 4.72. The van der Waals surface area contributed by atoms with Gasteiger partial charge in [0.25, 0.3) is 0 Å². The molecule has 1 aliphatic heterocycles. The molecule has 1 N–H and O–H groups in total. The van der Waals surface area contributed by atoms with Crippen molar-refractivity contribution in [3.8, 4) is 5.00 Å². The van der Waals surface area contributed by atoms with E-state index >= 15 is 0 Å². The van der Waals surface area contributed by atoms with E-state index in [1.54, 1.807) is 0 Å². The molecule has 6 heteroatoms. The summed E-state index contributed by atoms with van der Waals surface area (Å²) in [6, 6.07) is 13.3. The van der Waals surface area contributed by atoms with Crippen molar-refractivity contribution >= 4 is 23.1 Å². The van der Waals surface area contributed by atoms with Crippen LogP contribution in [0.3, 0.4) is 0 Å². The first-order chi connectivity index (χ1) is 16.6. The van der Waals surface area contributed by atoms with Crippen molar-refractivity contribution in [1.82, 2.24) is 14.8 Å². The zero-order valence-electron chi connectivity index (χ0n) is 20.2. The lowest BCUT2D eigenvalue weighted by atomic mass is 9.95. The molecule has 1 atom stereocenters. The molecule has 0 radical (unpaired) electrons. The van der Waals surface area contributed by atoms with Gasteiger partial charge in [-0.05, 0) is 73.9 Å². The summed E-state index contributed by atoms with van der Waals surface area (Å²) in [5.41, 5.74) is 6.38. The minimum atomic E-state index is -0.119. The molecule has 2 aliphatic carbocycles. The Morgan fingerprint density at radius 2 is 1.76 bits per heavy atom. The molecule has 2 amide bonds. The van der Waals surface area contributed by atoms with E-state index < -0.39 is 0 Å².